The molecule has 2 heterocycles. The summed E-state index contributed by atoms with van der Waals surface area (Å²) in [5, 5.41) is 7.14. The van der Waals surface area contributed by atoms with E-state index in [-0.39, 0.29) is 6.61 Å². The van der Waals surface area contributed by atoms with E-state index in [9.17, 15) is 4.79 Å². The predicted octanol–water partition coefficient (Wildman–Crippen LogP) is 4.88. The fourth-order valence-electron chi connectivity index (χ4n) is 1.74. The van der Waals surface area contributed by atoms with Gasteiger partial charge in [0.2, 0.25) is 0 Å². The highest BCUT2D eigenvalue weighted by Gasteiger charge is 2.13. The summed E-state index contributed by atoms with van der Waals surface area (Å²) < 4.78 is 5.25. The van der Waals surface area contributed by atoms with E-state index in [0.29, 0.717) is 10.7 Å². The number of hydrogen-bond acceptors (Lipinski definition) is 5. The topological polar surface area (TPSA) is 39.2 Å². The summed E-state index contributed by atoms with van der Waals surface area (Å²) in [7, 11) is 0. The summed E-state index contributed by atoms with van der Waals surface area (Å²) in [4.78, 5) is 16.3. The fourth-order valence-corrected chi connectivity index (χ4v) is 3.45. The SMILES string of the molecule is O=C(OCc1cccc(Cl)c1)c1csc(-c2ccsc2)n1. The van der Waals surface area contributed by atoms with Crippen molar-refractivity contribution in [3.8, 4) is 10.6 Å². The molecule has 0 aliphatic carbocycles. The van der Waals surface area contributed by atoms with Gasteiger partial charge in [-0.1, -0.05) is 23.7 Å². The van der Waals surface area contributed by atoms with Gasteiger partial charge in [0.05, 0.1) is 0 Å². The summed E-state index contributed by atoms with van der Waals surface area (Å²) >= 11 is 8.92. The third-order valence-corrected chi connectivity index (χ3v) is 4.55. The average Bonchev–Trinajstić information content (AvgIpc) is 3.15. The van der Waals surface area contributed by atoms with Crippen molar-refractivity contribution in [2.24, 2.45) is 0 Å². The van der Waals surface area contributed by atoms with E-state index < -0.39 is 5.97 Å². The molecule has 0 radical (unpaired) electrons. The van der Waals surface area contributed by atoms with E-state index in [1.165, 1.54) is 11.3 Å². The van der Waals surface area contributed by atoms with Gasteiger partial charge >= 0.3 is 5.97 Å². The molecule has 6 heteroatoms. The quantitative estimate of drug-likeness (QED) is 0.638. The first-order valence-electron chi connectivity index (χ1n) is 6.12. The molecular weight excluding hydrogens is 326 g/mol. The van der Waals surface area contributed by atoms with Crippen LogP contribution in [0.3, 0.4) is 0 Å². The van der Waals surface area contributed by atoms with Crippen molar-refractivity contribution in [3.63, 3.8) is 0 Å². The van der Waals surface area contributed by atoms with Crippen molar-refractivity contribution in [2.45, 2.75) is 6.61 Å². The number of carbonyl (C=O) groups excluding carboxylic acids is 1. The van der Waals surface area contributed by atoms with Crippen molar-refractivity contribution in [1.29, 1.82) is 0 Å². The molecule has 3 nitrogen and oxygen atoms in total. The maximum atomic E-state index is 12.0. The molecule has 1 aromatic carbocycles. The molecule has 0 spiro atoms. The van der Waals surface area contributed by atoms with Crippen LogP contribution >= 0.6 is 34.3 Å². The van der Waals surface area contributed by atoms with Crippen molar-refractivity contribution in [2.75, 3.05) is 0 Å². The van der Waals surface area contributed by atoms with Crippen LogP contribution in [0.5, 0.6) is 0 Å². The van der Waals surface area contributed by atoms with Gasteiger partial charge in [-0.25, -0.2) is 9.78 Å². The molecule has 3 rings (SSSR count). The van der Waals surface area contributed by atoms with Crippen molar-refractivity contribution in [3.05, 3.63) is 62.8 Å². The molecule has 3 aromatic rings. The number of nitrogens with zero attached hydrogens (tertiary/aromatic N) is 1. The number of esters is 1. The minimum Gasteiger partial charge on any atom is -0.456 e. The Balaban J connectivity index is 1.66. The van der Waals surface area contributed by atoms with Gasteiger partial charge in [0.25, 0.3) is 0 Å². The summed E-state index contributed by atoms with van der Waals surface area (Å²) in [6.45, 7) is 0.185. The Kier molecular flexibility index (Phi) is 4.34. The average molecular weight is 336 g/mol. The molecule has 106 valence electrons. The van der Waals surface area contributed by atoms with Crippen LogP contribution in [0.15, 0.2) is 46.5 Å². The molecule has 0 aliphatic heterocycles. The molecule has 0 aliphatic rings. The second-order valence-corrected chi connectivity index (χ2v) is 6.33. The number of hydrogen-bond donors (Lipinski definition) is 0. The summed E-state index contributed by atoms with van der Waals surface area (Å²) in [5.41, 5.74) is 2.21. The van der Waals surface area contributed by atoms with Crippen LogP contribution in [0.4, 0.5) is 0 Å². The molecule has 0 saturated heterocycles. The number of aromatic nitrogens is 1. The maximum Gasteiger partial charge on any atom is 0.358 e. The van der Waals surface area contributed by atoms with E-state index in [2.05, 4.69) is 4.98 Å². The first-order chi connectivity index (χ1) is 10.2. The van der Waals surface area contributed by atoms with E-state index in [4.69, 9.17) is 16.3 Å². The van der Waals surface area contributed by atoms with Crippen LogP contribution in [0.1, 0.15) is 16.1 Å². The number of rotatable bonds is 4. The second kappa shape index (κ2) is 6.39. The molecular formula is C15H10ClNO2S2. The van der Waals surface area contributed by atoms with Gasteiger partial charge in [-0.15, -0.1) is 11.3 Å². The first-order valence-corrected chi connectivity index (χ1v) is 8.32. The number of ether oxygens (including phenoxy) is 1. The smallest absolute Gasteiger partial charge is 0.358 e. The highest BCUT2D eigenvalue weighted by molar-refractivity contribution is 7.14. The Labute approximate surface area is 134 Å². The zero-order valence-corrected chi connectivity index (χ0v) is 13.2. The monoisotopic (exact) mass is 335 g/mol. The van der Waals surface area contributed by atoms with Crippen molar-refractivity contribution >= 4 is 40.2 Å². The lowest BCUT2D eigenvalue weighted by Crippen LogP contribution is -2.05. The Morgan fingerprint density at radius 2 is 2.19 bits per heavy atom. The molecule has 2 aromatic heterocycles. The van der Waals surface area contributed by atoms with Gasteiger partial charge in [-0.3, -0.25) is 0 Å². The van der Waals surface area contributed by atoms with Crippen LogP contribution in [-0.2, 0) is 11.3 Å². The summed E-state index contributed by atoms with van der Waals surface area (Å²) in [6.07, 6.45) is 0. The van der Waals surface area contributed by atoms with Crippen LogP contribution in [0.2, 0.25) is 5.02 Å². The molecule has 0 fully saturated rings. The lowest BCUT2D eigenvalue weighted by molar-refractivity contribution is 0.0467. The van der Waals surface area contributed by atoms with E-state index in [1.54, 1.807) is 28.8 Å². The molecule has 0 N–H and O–H groups in total. The number of benzene rings is 1. The van der Waals surface area contributed by atoms with Crippen LogP contribution in [0, 0.1) is 0 Å². The molecule has 21 heavy (non-hydrogen) atoms. The highest BCUT2D eigenvalue weighted by Crippen LogP contribution is 2.26. The van der Waals surface area contributed by atoms with Gasteiger partial charge in [0.1, 0.15) is 11.6 Å². The fraction of sp³-hybridized carbons (Fsp3) is 0.0667. The number of thiazole rings is 1. The largest absolute Gasteiger partial charge is 0.456 e. The van der Waals surface area contributed by atoms with Gasteiger partial charge in [0, 0.05) is 21.3 Å². The standard InChI is InChI=1S/C15H10ClNO2S2/c16-12-3-1-2-10(6-12)7-19-15(18)13-9-21-14(17-13)11-4-5-20-8-11/h1-6,8-9H,7H2. The van der Waals surface area contributed by atoms with E-state index >= 15 is 0 Å². The second-order valence-electron chi connectivity index (χ2n) is 4.26. The van der Waals surface area contributed by atoms with E-state index in [0.717, 1.165) is 16.1 Å². The van der Waals surface area contributed by atoms with Gasteiger partial charge in [-0.05, 0) is 29.1 Å². The lowest BCUT2D eigenvalue weighted by atomic mass is 10.2. The van der Waals surface area contributed by atoms with Crippen LogP contribution in [-0.4, -0.2) is 11.0 Å². The zero-order valence-electron chi connectivity index (χ0n) is 10.8. The normalized spacial score (nSPS) is 10.5. The highest BCUT2D eigenvalue weighted by atomic mass is 35.5. The summed E-state index contributed by atoms with van der Waals surface area (Å²) in [6, 6.07) is 9.21. The minimum atomic E-state index is -0.423. The molecule has 0 saturated carbocycles. The van der Waals surface area contributed by atoms with Crippen molar-refractivity contribution < 1.29 is 9.53 Å². The Morgan fingerprint density at radius 1 is 1.29 bits per heavy atom. The minimum absolute atomic E-state index is 0.185. The molecule has 0 bridgehead atoms. The van der Waals surface area contributed by atoms with Crippen LogP contribution < -0.4 is 0 Å². The lowest BCUT2D eigenvalue weighted by Gasteiger charge is -2.03. The molecule has 0 unspecified atom stereocenters. The van der Waals surface area contributed by atoms with Gasteiger partial charge in [-0.2, -0.15) is 11.3 Å². The Bertz CT molecular complexity index is 753. The molecule has 0 atom stereocenters. The Morgan fingerprint density at radius 3 is 2.95 bits per heavy atom. The predicted molar refractivity (Wildman–Crippen MR) is 86.0 cm³/mol. The number of carbonyl (C=O) groups is 1. The number of thiophene rings is 1. The Hall–Kier alpha value is -1.69. The summed E-state index contributed by atoms with van der Waals surface area (Å²) in [5.74, 6) is -0.423. The molecule has 0 amide bonds. The third kappa shape index (κ3) is 3.50. The third-order valence-electron chi connectivity index (χ3n) is 2.74. The van der Waals surface area contributed by atoms with Gasteiger partial charge in [0.15, 0.2) is 5.69 Å². The van der Waals surface area contributed by atoms with Gasteiger partial charge < -0.3 is 4.74 Å². The number of halogens is 1. The van der Waals surface area contributed by atoms with Crippen LogP contribution in [0.25, 0.3) is 10.6 Å². The zero-order chi connectivity index (χ0) is 14.7. The first kappa shape index (κ1) is 14.3. The van der Waals surface area contributed by atoms with E-state index in [1.807, 2.05) is 29.0 Å². The maximum absolute atomic E-state index is 12.0. The van der Waals surface area contributed by atoms with Crippen molar-refractivity contribution in [1.82, 2.24) is 4.98 Å².